The number of benzene rings is 1. The lowest BCUT2D eigenvalue weighted by atomic mass is 10.1. The fraction of sp³-hybridized carbons (Fsp3) is 0.588. The molecule has 0 aliphatic carbocycles. The molecule has 2 rings (SSSR count). The molecule has 0 aromatic heterocycles. The van der Waals surface area contributed by atoms with E-state index in [1.165, 1.54) is 18.4 Å². The number of carbonyl (C=O) groups is 1. The Labute approximate surface area is 137 Å². The molecule has 22 heavy (non-hydrogen) atoms. The number of hydrogen-bond donors (Lipinski definition) is 2. The van der Waals surface area contributed by atoms with Crippen LogP contribution in [0.2, 0.25) is 0 Å². The number of ether oxygens (including phenoxy) is 1. The van der Waals surface area contributed by atoms with Crippen LogP contribution in [0.25, 0.3) is 0 Å². The van der Waals surface area contributed by atoms with Gasteiger partial charge >= 0.3 is 0 Å². The van der Waals surface area contributed by atoms with Crippen LogP contribution in [0.1, 0.15) is 37.3 Å². The number of amides is 1. The van der Waals surface area contributed by atoms with Gasteiger partial charge < -0.3 is 10.1 Å². The average molecular weight is 322 g/mol. The normalized spacial score (nSPS) is 17.5. The van der Waals surface area contributed by atoms with Gasteiger partial charge in [-0.3, -0.25) is 10.1 Å². The maximum Gasteiger partial charge on any atom is 0.238 e. The minimum atomic E-state index is -0.0654. The molecule has 0 spiro atoms. The van der Waals surface area contributed by atoms with Crippen LogP contribution < -0.4 is 15.4 Å². The minimum absolute atomic E-state index is 0.0654. The van der Waals surface area contributed by atoms with E-state index in [0.29, 0.717) is 6.54 Å². The van der Waals surface area contributed by atoms with Crippen LogP contribution >= 0.6 is 11.8 Å². The van der Waals surface area contributed by atoms with Crippen LogP contribution in [-0.2, 0) is 11.3 Å². The van der Waals surface area contributed by atoms with Crippen molar-refractivity contribution in [2.45, 2.75) is 45.7 Å². The van der Waals surface area contributed by atoms with E-state index in [2.05, 4.69) is 36.6 Å². The Morgan fingerprint density at radius 3 is 3.05 bits per heavy atom. The lowest BCUT2D eigenvalue weighted by Crippen LogP contribution is -2.41. The highest BCUT2D eigenvalue weighted by Gasteiger charge is 2.22. The van der Waals surface area contributed by atoms with Gasteiger partial charge in [-0.25, -0.2) is 0 Å². The van der Waals surface area contributed by atoms with Crippen molar-refractivity contribution in [1.29, 1.82) is 0 Å². The number of hydrogen-bond acceptors (Lipinski definition) is 4. The first-order valence-electron chi connectivity index (χ1n) is 8.02. The molecule has 1 heterocycles. The molecule has 1 amide bonds. The lowest BCUT2D eigenvalue weighted by Gasteiger charge is -2.15. The van der Waals surface area contributed by atoms with Crippen LogP contribution in [0, 0.1) is 6.92 Å². The first kappa shape index (κ1) is 17.2. The van der Waals surface area contributed by atoms with E-state index in [0.717, 1.165) is 36.0 Å². The van der Waals surface area contributed by atoms with Crippen LogP contribution in [0.4, 0.5) is 0 Å². The molecule has 1 fully saturated rings. The fourth-order valence-corrected chi connectivity index (χ4v) is 3.29. The molecule has 2 N–H and O–H groups in total. The highest BCUT2D eigenvalue weighted by molar-refractivity contribution is 7.99. The predicted octanol–water partition coefficient (Wildman–Crippen LogP) is 2.84. The summed E-state index contributed by atoms with van der Waals surface area (Å²) in [4.78, 5) is 12.1. The zero-order chi connectivity index (χ0) is 15.8. The first-order valence-corrected chi connectivity index (χ1v) is 9.17. The summed E-state index contributed by atoms with van der Waals surface area (Å²) in [6.07, 6.45) is 3.44. The van der Waals surface area contributed by atoms with Crippen molar-refractivity contribution in [1.82, 2.24) is 10.6 Å². The summed E-state index contributed by atoms with van der Waals surface area (Å²) in [5.74, 6) is 2.67. The molecule has 1 aromatic carbocycles. The summed E-state index contributed by atoms with van der Waals surface area (Å²) < 4.78 is 5.91. The largest absolute Gasteiger partial charge is 0.493 e. The number of nitrogens with one attached hydrogen (secondary N) is 2. The lowest BCUT2D eigenvalue weighted by molar-refractivity contribution is -0.122. The van der Waals surface area contributed by atoms with E-state index in [-0.39, 0.29) is 11.9 Å². The van der Waals surface area contributed by atoms with Crippen molar-refractivity contribution in [2.75, 3.05) is 18.2 Å². The summed E-state index contributed by atoms with van der Waals surface area (Å²) in [5.41, 5.74) is 2.22. The van der Waals surface area contributed by atoms with E-state index < -0.39 is 0 Å². The summed E-state index contributed by atoms with van der Waals surface area (Å²) in [6.45, 7) is 5.49. The van der Waals surface area contributed by atoms with Crippen LogP contribution in [0.15, 0.2) is 18.2 Å². The Kier molecular flexibility index (Phi) is 7.06. The number of rotatable bonds is 8. The highest BCUT2D eigenvalue weighted by atomic mass is 32.2. The molecular weight excluding hydrogens is 296 g/mol. The van der Waals surface area contributed by atoms with Crippen molar-refractivity contribution in [3.63, 3.8) is 0 Å². The van der Waals surface area contributed by atoms with Gasteiger partial charge in [0.1, 0.15) is 5.75 Å². The Bertz CT molecular complexity index is 488. The van der Waals surface area contributed by atoms with Crippen LogP contribution in [-0.4, -0.2) is 30.2 Å². The molecule has 5 heteroatoms. The molecule has 1 aliphatic rings. The molecule has 0 bridgehead atoms. The monoisotopic (exact) mass is 322 g/mol. The summed E-state index contributed by atoms with van der Waals surface area (Å²) >= 11 is 1.76. The smallest absolute Gasteiger partial charge is 0.238 e. The Balaban J connectivity index is 1.89. The van der Waals surface area contributed by atoms with Gasteiger partial charge in [-0.05, 0) is 25.0 Å². The third-order valence-corrected chi connectivity index (χ3v) is 4.65. The van der Waals surface area contributed by atoms with Crippen molar-refractivity contribution >= 4 is 17.7 Å². The predicted molar refractivity (Wildman–Crippen MR) is 92.3 cm³/mol. The third-order valence-electron chi connectivity index (χ3n) is 3.71. The molecule has 1 atom stereocenters. The zero-order valence-corrected chi connectivity index (χ0v) is 14.3. The number of unbranched alkanes of at least 4 members (excludes halogenated alkanes) is 2. The van der Waals surface area contributed by atoms with Gasteiger partial charge in [0.25, 0.3) is 0 Å². The average Bonchev–Trinajstić information content (AvgIpc) is 3.05. The molecule has 122 valence electrons. The topological polar surface area (TPSA) is 50.4 Å². The minimum Gasteiger partial charge on any atom is -0.493 e. The van der Waals surface area contributed by atoms with E-state index in [9.17, 15) is 4.79 Å². The van der Waals surface area contributed by atoms with E-state index in [1.807, 2.05) is 6.07 Å². The molecule has 0 saturated carbocycles. The molecule has 1 aliphatic heterocycles. The number of carbonyl (C=O) groups excluding carboxylic acids is 1. The van der Waals surface area contributed by atoms with Gasteiger partial charge in [-0.1, -0.05) is 31.9 Å². The van der Waals surface area contributed by atoms with Crippen molar-refractivity contribution in [3.8, 4) is 5.75 Å². The molecule has 1 unspecified atom stereocenters. The van der Waals surface area contributed by atoms with Crippen LogP contribution in [0.3, 0.4) is 0 Å². The molecule has 0 radical (unpaired) electrons. The quantitative estimate of drug-likeness (QED) is 0.723. The standard InChI is InChI=1S/C17H26N2O2S/c1-3-4-5-8-21-16-9-13(2)6-7-14(16)10-18-17(20)15-11-22-12-19-15/h6-7,9,15,19H,3-5,8,10-12H2,1-2H3,(H,18,20). The third kappa shape index (κ3) is 5.21. The van der Waals surface area contributed by atoms with E-state index in [4.69, 9.17) is 4.74 Å². The summed E-state index contributed by atoms with van der Waals surface area (Å²) in [7, 11) is 0. The molecule has 1 saturated heterocycles. The number of thioether (sulfide) groups is 1. The van der Waals surface area contributed by atoms with Crippen molar-refractivity contribution in [2.24, 2.45) is 0 Å². The summed E-state index contributed by atoms with van der Waals surface area (Å²) in [5, 5.41) is 6.19. The zero-order valence-electron chi connectivity index (χ0n) is 13.5. The van der Waals surface area contributed by atoms with Gasteiger partial charge in [-0.2, -0.15) is 0 Å². The highest BCUT2D eigenvalue weighted by Crippen LogP contribution is 2.21. The van der Waals surface area contributed by atoms with Gasteiger partial charge in [0.2, 0.25) is 5.91 Å². The second-order valence-electron chi connectivity index (χ2n) is 5.66. The maximum absolute atomic E-state index is 12.1. The van der Waals surface area contributed by atoms with Crippen LogP contribution in [0.5, 0.6) is 5.75 Å². The molecule has 1 aromatic rings. The van der Waals surface area contributed by atoms with Gasteiger partial charge in [0, 0.05) is 23.7 Å². The number of aryl methyl sites for hydroxylation is 1. The maximum atomic E-state index is 12.1. The second-order valence-corrected chi connectivity index (χ2v) is 6.69. The van der Waals surface area contributed by atoms with Crippen molar-refractivity contribution in [3.05, 3.63) is 29.3 Å². The molecule has 4 nitrogen and oxygen atoms in total. The van der Waals surface area contributed by atoms with Gasteiger partial charge in [0.05, 0.1) is 12.6 Å². The summed E-state index contributed by atoms with van der Waals surface area (Å²) in [6, 6.07) is 6.09. The Morgan fingerprint density at radius 2 is 2.32 bits per heavy atom. The fourth-order valence-electron chi connectivity index (χ4n) is 2.35. The van der Waals surface area contributed by atoms with E-state index >= 15 is 0 Å². The first-order chi connectivity index (χ1) is 10.7. The SMILES string of the molecule is CCCCCOc1cc(C)ccc1CNC(=O)C1CSCN1. The second kappa shape index (κ2) is 9.06. The Morgan fingerprint density at radius 1 is 1.45 bits per heavy atom. The van der Waals surface area contributed by atoms with E-state index in [1.54, 1.807) is 11.8 Å². The van der Waals surface area contributed by atoms with Gasteiger partial charge in [-0.15, -0.1) is 11.8 Å². The van der Waals surface area contributed by atoms with Gasteiger partial charge in [0.15, 0.2) is 0 Å². The van der Waals surface area contributed by atoms with Crippen molar-refractivity contribution < 1.29 is 9.53 Å². The molecular formula is C17H26N2O2S. The Hall–Kier alpha value is -1.20.